The maximum absolute atomic E-state index is 13.6. The average molecular weight is 436 g/mol. The highest BCUT2D eigenvalue weighted by Gasteiger charge is 2.44. The van der Waals surface area contributed by atoms with Gasteiger partial charge in [0.15, 0.2) is 28.8 Å². The van der Waals surface area contributed by atoms with E-state index >= 15 is 0 Å². The zero-order valence-electron chi connectivity index (χ0n) is 19.2. The number of ketones is 1. The van der Waals surface area contributed by atoms with Gasteiger partial charge in [-0.05, 0) is 67.4 Å². The Hall–Kier alpha value is -3.25. The Bertz CT molecular complexity index is 1000. The minimum absolute atomic E-state index is 0.0974. The van der Waals surface area contributed by atoms with E-state index in [-0.39, 0.29) is 17.9 Å². The molecule has 2 atom stereocenters. The highest BCUT2D eigenvalue weighted by Crippen LogP contribution is 2.41. The van der Waals surface area contributed by atoms with Crippen LogP contribution in [0.1, 0.15) is 24.0 Å². The second-order valence-corrected chi connectivity index (χ2v) is 8.03. The summed E-state index contributed by atoms with van der Waals surface area (Å²) in [6.07, 6.45) is 5.87. The highest BCUT2D eigenvalue weighted by atomic mass is 16.5. The zero-order chi connectivity index (χ0) is 22.8. The summed E-state index contributed by atoms with van der Waals surface area (Å²) < 4.78 is 21.5. The lowest BCUT2D eigenvalue weighted by Gasteiger charge is -2.34. The number of benzene rings is 2. The van der Waals surface area contributed by atoms with Gasteiger partial charge < -0.3 is 18.9 Å². The fourth-order valence-corrected chi connectivity index (χ4v) is 4.73. The summed E-state index contributed by atoms with van der Waals surface area (Å²) in [5.74, 6) is 2.71. The third kappa shape index (κ3) is 3.86. The Balaban J connectivity index is 1.74. The van der Waals surface area contributed by atoms with Gasteiger partial charge in [0.2, 0.25) is 0 Å². The standard InChI is InChI=1S/C26H29NO5/c1-27-20-8-9-21(27)19(13-17-7-11-23(30-3)25(15-17)32-5)26(28)18(20)12-16-6-10-22(29-2)24(14-16)31-4/h6-7,10-15,20-21H,8-9H2,1-5H3/b18-12+,19-13+. The van der Waals surface area contributed by atoms with E-state index in [1.165, 1.54) is 0 Å². The van der Waals surface area contributed by atoms with Crippen LogP contribution >= 0.6 is 0 Å². The molecule has 2 aliphatic heterocycles. The van der Waals surface area contributed by atoms with E-state index in [2.05, 4.69) is 11.9 Å². The van der Waals surface area contributed by atoms with Crippen molar-refractivity contribution in [1.82, 2.24) is 4.90 Å². The van der Waals surface area contributed by atoms with Crippen LogP contribution in [0, 0.1) is 0 Å². The van der Waals surface area contributed by atoms with Crippen LogP contribution in [0.2, 0.25) is 0 Å². The molecule has 2 heterocycles. The van der Waals surface area contributed by atoms with E-state index in [1.807, 2.05) is 48.6 Å². The lowest BCUT2D eigenvalue weighted by molar-refractivity contribution is -0.114. The van der Waals surface area contributed by atoms with Crippen molar-refractivity contribution >= 4 is 17.9 Å². The summed E-state index contributed by atoms with van der Waals surface area (Å²) in [5, 5.41) is 0. The van der Waals surface area contributed by atoms with Gasteiger partial charge in [-0.3, -0.25) is 9.69 Å². The number of piperidine rings is 1. The summed E-state index contributed by atoms with van der Waals surface area (Å²) in [5.41, 5.74) is 3.44. The molecule has 4 rings (SSSR count). The molecule has 0 saturated carbocycles. The van der Waals surface area contributed by atoms with Gasteiger partial charge in [0.25, 0.3) is 0 Å². The van der Waals surface area contributed by atoms with Crippen LogP contribution in [0.3, 0.4) is 0 Å². The third-order valence-electron chi connectivity index (χ3n) is 6.40. The number of rotatable bonds is 6. The van der Waals surface area contributed by atoms with Crippen molar-refractivity contribution in [2.45, 2.75) is 24.9 Å². The first-order chi connectivity index (χ1) is 15.5. The van der Waals surface area contributed by atoms with Crippen LogP contribution in [-0.2, 0) is 4.79 Å². The van der Waals surface area contributed by atoms with Crippen LogP contribution in [0.25, 0.3) is 12.2 Å². The molecule has 2 fully saturated rings. The number of hydrogen-bond donors (Lipinski definition) is 0. The number of carbonyl (C=O) groups excluding carboxylic acids is 1. The van der Waals surface area contributed by atoms with Gasteiger partial charge >= 0.3 is 0 Å². The maximum atomic E-state index is 13.6. The van der Waals surface area contributed by atoms with Gasteiger partial charge in [-0.1, -0.05) is 12.1 Å². The van der Waals surface area contributed by atoms with Crippen molar-refractivity contribution < 1.29 is 23.7 Å². The van der Waals surface area contributed by atoms with Crippen LogP contribution in [-0.4, -0.2) is 58.3 Å². The van der Waals surface area contributed by atoms with E-state index in [0.29, 0.717) is 23.0 Å². The molecule has 168 valence electrons. The molecule has 2 bridgehead atoms. The van der Waals surface area contributed by atoms with Gasteiger partial charge in [-0.2, -0.15) is 0 Å². The Morgan fingerprint density at radius 1 is 0.719 bits per heavy atom. The van der Waals surface area contributed by atoms with Crippen molar-refractivity contribution in [2.75, 3.05) is 35.5 Å². The molecule has 0 aromatic heterocycles. The van der Waals surface area contributed by atoms with Gasteiger partial charge in [0, 0.05) is 23.2 Å². The lowest BCUT2D eigenvalue weighted by Crippen LogP contribution is -2.43. The summed E-state index contributed by atoms with van der Waals surface area (Å²) in [6.45, 7) is 0. The van der Waals surface area contributed by atoms with E-state index in [9.17, 15) is 4.79 Å². The average Bonchev–Trinajstić information content (AvgIpc) is 3.14. The first-order valence-electron chi connectivity index (χ1n) is 10.6. The second-order valence-electron chi connectivity index (χ2n) is 8.03. The molecule has 2 saturated heterocycles. The number of methoxy groups -OCH3 is 4. The fourth-order valence-electron chi connectivity index (χ4n) is 4.73. The molecule has 6 heteroatoms. The van der Waals surface area contributed by atoms with Crippen LogP contribution in [0.5, 0.6) is 23.0 Å². The number of Topliss-reactive ketones (excluding diaryl/α,β-unsaturated/α-hetero) is 1. The van der Waals surface area contributed by atoms with E-state index in [0.717, 1.165) is 35.1 Å². The third-order valence-corrected chi connectivity index (χ3v) is 6.40. The molecule has 2 aromatic carbocycles. The monoisotopic (exact) mass is 435 g/mol. The maximum Gasteiger partial charge on any atom is 0.188 e. The van der Waals surface area contributed by atoms with Gasteiger partial charge in [0.05, 0.1) is 28.4 Å². The Morgan fingerprint density at radius 2 is 1.12 bits per heavy atom. The van der Waals surface area contributed by atoms with Crippen LogP contribution < -0.4 is 18.9 Å². The second kappa shape index (κ2) is 9.09. The van der Waals surface area contributed by atoms with Crippen molar-refractivity contribution in [3.63, 3.8) is 0 Å². The number of likely N-dealkylation sites (N-methyl/N-ethyl adjacent to an activating group) is 1. The fraction of sp³-hybridized carbons (Fsp3) is 0.346. The highest BCUT2D eigenvalue weighted by molar-refractivity contribution is 6.16. The van der Waals surface area contributed by atoms with E-state index in [1.54, 1.807) is 28.4 Å². The lowest BCUT2D eigenvalue weighted by atomic mass is 9.88. The van der Waals surface area contributed by atoms with Crippen LogP contribution in [0.15, 0.2) is 47.5 Å². The predicted octanol–water partition coefficient (Wildman–Crippen LogP) is 4.23. The molecular weight excluding hydrogens is 406 g/mol. The van der Waals surface area contributed by atoms with Crippen molar-refractivity contribution in [1.29, 1.82) is 0 Å². The molecule has 2 aliphatic rings. The smallest absolute Gasteiger partial charge is 0.188 e. The number of nitrogens with zero attached hydrogens (tertiary/aromatic N) is 1. The van der Waals surface area contributed by atoms with Crippen molar-refractivity contribution in [3.8, 4) is 23.0 Å². The minimum atomic E-state index is 0.0974. The summed E-state index contributed by atoms with van der Waals surface area (Å²) in [6, 6.07) is 11.6. The summed E-state index contributed by atoms with van der Waals surface area (Å²) in [7, 11) is 8.54. The molecular formula is C26H29NO5. The molecule has 2 unspecified atom stereocenters. The Morgan fingerprint density at radius 3 is 1.50 bits per heavy atom. The predicted molar refractivity (Wildman–Crippen MR) is 125 cm³/mol. The Labute approximate surface area is 189 Å². The molecule has 0 spiro atoms. The molecule has 0 radical (unpaired) electrons. The first kappa shape index (κ1) is 22.0. The summed E-state index contributed by atoms with van der Waals surface area (Å²) >= 11 is 0. The molecule has 0 N–H and O–H groups in total. The zero-order valence-corrected chi connectivity index (χ0v) is 19.2. The SMILES string of the molecule is COc1ccc(/C=C2/C(=O)/C(=C/c3ccc(OC)c(OC)c3)C3CCC2N3C)cc1OC. The number of hydrogen-bond acceptors (Lipinski definition) is 6. The number of fused-ring (bicyclic) bond motifs is 2. The molecule has 0 aliphatic carbocycles. The Kier molecular flexibility index (Phi) is 6.24. The quantitative estimate of drug-likeness (QED) is 0.633. The molecule has 0 amide bonds. The van der Waals surface area contributed by atoms with Gasteiger partial charge in [0.1, 0.15) is 0 Å². The largest absolute Gasteiger partial charge is 0.493 e. The molecule has 32 heavy (non-hydrogen) atoms. The molecule has 2 aromatic rings. The van der Waals surface area contributed by atoms with E-state index in [4.69, 9.17) is 18.9 Å². The van der Waals surface area contributed by atoms with Crippen molar-refractivity contribution in [2.24, 2.45) is 0 Å². The number of ether oxygens (including phenoxy) is 4. The van der Waals surface area contributed by atoms with Crippen LogP contribution in [0.4, 0.5) is 0 Å². The normalized spacial score (nSPS) is 23.0. The summed E-state index contributed by atoms with van der Waals surface area (Å²) in [4.78, 5) is 15.9. The topological polar surface area (TPSA) is 57.2 Å². The van der Waals surface area contributed by atoms with Gasteiger partial charge in [-0.15, -0.1) is 0 Å². The van der Waals surface area contributed by atoms with Gasteiger partial charge in [-0.25, -0.2) is 0 Å². The first-order valence-corrected chi connectivity index (χ1v) is 10.6. The molecule has 6 nitrogen and oxygen atoms in total. The minimum Gasteiger partial charge on any atom is -0.493 e. The van der Waals surface area contributed by atoms with Crippen molar-refractivity contribution in [3.05, 3.63) is 58.7 Å². The van der Waals surface area contributed by atoms with E-state index < -0.39 is 0 Å². The number of carbonyl (C=O) groups is 1.